The summed E-state index contributed by atoms with van der Waals surface area (Å²) in [6.45, 7) is 6.74. The van der Waals surface area contributed by atoms with E-state index in [-0.39, 0.29) is 0 Å². The Morgan fingerprint density at radius 2 is 2.25 bits per heavy atom. The predicted molar refractivity (Wildman–Crippen MR) is 90.4 cm³/mol. The van der Waals surface area contributed by atoms with Gasteiger partial charge < -0.3 is 10.2 Å². The minimum absolute atomic E-state index is 0.768. The molecule has 1 heterocycles. The molecule has 0 spiro atoms. The summed E-state index contributed by atoms with van der Waals surface area (Å²) in [7, 11) is 0. The summed E-state index contributed by atoms with van der Waals surface area (Å²) in [6.07, 6.45) is 5.34. The van der Waals surface area contributed by atoms with Crippen molar-refractivity contribution in [1.29, 1.82) is 0 Å². The Morgan fingerprint density at radius 1 is 1.40 bits per heavy atom. The molecule has 1 aliphatic heterocycles. The molecular formula is C16H24BrClN2. The summed E-state index contributed by atoms with van der Waals surface area (Å²) in [5, 5.41) is 4.32. The maximum atomic E-state index is 6.20. The molecule has 0 bridgehead atoms. The van der Waals surface area contributed by atoms with E-state index in [1.807, 2.05) is 12.1 Å². The number of hydrogen-bond donors (Lipinski definition) is 1. The molecule has 1 unspecified atom stereocenters. The van der Waals surface area contributed by atoms with E-state index in [2.05, 4.69) is 39.1 Å². The van der Waals surface area contributed by atoms with Crippen molar-refractivity contribution in [2.24, 2.45) is 0 Å². The third-order valence-corrected chi connectivity index (χ3v) is 4.92. The normalized spacial score (nSPS) is 20.2. The van der Waals surface area contributed by atoms with Crippen molar-refractivity contribution in [1.82, 2.24) is 10.2 Å². The van der Waals surface area contributed by atoms with Crippen molar-refractivity contribution < 1.29 is 0 Å². The molecule has 1 saturated heterocycles. The molecule has 1 N–H and O–H groups in total. The van der Waals surface area contributed by atoms with E-state index in [1.54, 1.807) is 0 Å². The van der Waals surface area contributed by atoms with Gasteiger partial charge in [-0.25, -0.2) is 0 Å². The molecule has 20 heavy (non-hydrogen) atoms. The Balaban J connectivity index is 1.64. The van der Waals surface area contributed by atoms with Gasteiger partial charge in [-0.05, 0) is 63.5 Å². The average molecular weight is 360 g/mol. The number of nitrogens with one attached hydrogen (secondary N) is 1. The van der Waals surface area contributed by atoms with E-state index in [1.165, 1.54) is 44.3 Å². The molecule has 1 aliphatic rings. The van der Waals surface area contributed by atoms with Gasteiger partial charge in [0.15, 0.2) is 0 Å². The van der Waals surface area contributed by atoms with Crippen LogP contribution in [0.25, 0.3) is 0 Å². The van der Waals surface area contributed by atoms with Crippen molar-refractivity contribution in [2.45, 2.75) is 45.2 Å². The fourth-order valence-electron chi connectivity index (χ4n) is 2.79. The first-order chi connectivity index (χ1) is 9.66. The van der Waals surface area contributed by atoms with E-state index < -0.39 is 0 Å². The van der Waals surface area contributed by atoms with Crippen LogP contribution < -0.4 is 5.32 Å². The number of halogens is 2. The monoisotopic (exact) mass is 358 g/mol. The number of piperidine rings is 1. The highest BCUT2D eigenvalue weighted by Gasteiger charge is 2.16. The zero-order chi connectivity index (χ0) is 14.4. The van der Waals surface area contributed by atoms with Gasteiger partial charge in [0.05, 0.1) is 0 Å². The molecule has 0 saturated carbocycles. The Morgan fingerprint density at radius 3 is 3.00 bits per heavy atom. The molecule has 1 aromatic carbocycles. The Kier molecular flexibility index (Phi) is 6.82. The summed E-state index contributed by atoms with van der Waals surface area (Å²) in [5.74, 6) is 0. The SMILES string of the molecule is CC1CCCCN1CCCNCc1ccc(Br)cc1Cl. The molecule has 2 nitrogen and oxygen atoms in total. The number of benzene rings is 1. The molecule has 0 radical (unpaired) electrons. The summed E-state index contributed by atoms with van der Waals surface area (Å²) < 4.78 is 1.03. The average Bonchev–Trinajstić information content (AvgIpc) is 2.42. The topological polar surface area (TPSA) is 15.3 Å². The van der Waals surface area contributed by atoms with Crippen LogP contribution in [0.5, 0.6) is 0 Å². The van der Waals surface area contributed by atoms with Gasteiger partial charge in [-0.15, -0.1) is 0 Å². The highest BCUT2D eigenvalue weighted by Crippen LogP contribution is 2.21. The molecule has 1 fully saturated rings. The van der Waals surface area contributed by atoms with Crippen molar-refractivity contribution in [3.63, 3.8) is 0 Å². The standard InChI is InChI=1S/C16H24BrClN2/c1-13-5-2-3-9-20(13)10-4-8-19-12-14-6-7-15(17)11-16(14)18/h6-7,11,13,19H,2-5,8-10,12H2,1H3. The summed E-state index contributed by atoms with van der Waals surface area (Å²) in [6, 6.07) is 6.84. The van der Waals surface area contributed by atoms with Crippen LogP contribution in [0.1, 0.15) is 38.2 Å². The van der Waals surface area contributed by atoms with E-state index in [0.29, 0.717) is 0 Å². The lowest BCUT2D eigenvalue weighted by molar-refractivity contribution is 0.159. The Hall–Kier alpha value is -0.0900. The number of likely N-dealkylation sites (tertiary alicyclic amines) is 1. The largest absolute Gasteiger partial charge is 0.313 e. The van der Waals surface area contributed by atoms with Gasteiger partial charge >= 0.3 is 0 Å². The van der Waals surface area contributed by atoms with Gasteiger partial charge in [-0.3, -0.25) is 0 Å². The fourth-order valence-corrected chi connectivity index (χ4v) is 3.53. The lowest BCUT2D eigenvalue weighted by Gasteiger charge is -2.33. The molecule has 0 aromatic heterocycles. The first-order valence-corrected chi connectivity index (χ1v) is 8.72. The second-order valence-electron chi connectivity index (χ2n) is 5.65. The maximum Gasteiger partial charge on any atom is 0.0462 e. The van der Waals surface area contributed by atoms with Crippen molar-refractivity contribution in [2.75, 3.05) is 19.6 Å². The highest BCUT2D eigenvalue weighted by atomic mass is 79.9. The van der Waals surface area contributed by atoms with Gasteiger partial charge in [-0.1, -0.05) is 40.0 Å². The van der Waals surface area contributed by atoms with Crippen LogP contribution in [0.3, 0.4) is 0 Å². The van der Waals surface area contributed by atoms with E-state index in [0.717, 1.165) is 28.6 Å². The zero-order valence-electron chi connectivity index (χ0n) is 12.2. The van der Waals surface area contributed by atoms with Gasteiger partial charge in [0.25, 0.3) is 0 Å². The van der Waals surface area contributed by atoms with Gasteiger partial charge in [-0.2, -0.15) is 0 Å². The van der Waals surface area contributed by atoms with E-state index in [9.17, 15) is 0 Å². The second kappa shape index (κ2) is 8.38. The smallest absolute Gasteiger partial charge is 0.0462 e. The molecule has 112 valence electrons. The molecule has 1 atom stereocenters. The Bertz CT molecular complexity index is 425. The first kappa shape index (κ1) is 16.3. The molecule has 1 aromatic rings. The highest BCUT2D eigenvalue weighted by molar-refractivity contribution is 9.10. The zero-order valence-corrected chi connectivity index (χ0v) is 14.5. The minimum Gasteiger partial charge on any atom is -0.313 e. The third-order valence-electron chi connectivity index (χ3n) is 4.07. The third kappa shape index (κ3) is 5.03. The van der Waals surface area contributed by atoms with Crippen molar-refractivity contribution in [3.8, 4) is 0 Å². The number of hydrogen-bond acceptors (Lipinski definition) is 2. The van der Waals surface area contributed by atoms with Gasteiger partial charge in [0.1, 0.15) is 0 Å². The summed E-state index contributed by atoms with van der Waals surface area (Å²) >= 11 is 9.63. The second-order valence-corrected chi connectivity index (χ2v) is 6.97. The molecule has 0 amide bonds. The quantitative estimate of drug-likeness (QED) is 0.755. The summed E-state index contributed by atoms with van der Waals surface area (Å²) in [5.41, 5.74) is 1.17. The van der Waals surface area contributed by atoms with E-state index >= 15 is 0 Å². The minimum atomic E-state index is 0.768. The fraction of sp³-hybridized carbons (Fsp3) is 0.625. The van der Waals surface area contributed by atoms with Crippen molar-refractivity contribution in [3.05, 3.63) is 33.3 Å². The molecular weight excluding hydrogens is 336 g/mol. The van der Waals surface area contributed by atoms with Crippen LogP contribution in [-0.4, -0.2) is 30.6 Å². The van der Waals surface area contributed by atoms with Crippen LogP contribution in [0.2, 0.25) is 5.02 Å². The number of nitrogens with zero attached hydrogens (tertiary/aromatic N) is 1. The first-order valence-electron chi connectivity index (χ1n) is 7.55. The summed E-state index contributed by atoms with van der Waals surface area (Å²) in [4.78, 5) is 2.62. The van der Waals surface area contributed by atoms with Gasteiger partial charge in [0.2, 0.25) is 0 Å². The van der Waals surface area contributed by atoms with Crippen LogP contribution in [0.4, 0.5) is 0 Å². The van der Waals surface area contributed by atoms with Crippen LogP contribution in [-0.2, 0) is 6.54 Å². The molecule has 4 heteroatoms. The van der Waals surface area contributed by atoms with Crippen LogP contribution in [0, 0.1) is 0 Å². The lowest BCUT2D eigenvalue weighted by Crippen LogP contribution is -2.38. The predicted octanol–water partition coefficient (Wildman–Crippen LogP) is 4.46. The lowest BCUT2D eigenvalue weighted by atomic mass is 10.0. The molecule has 0 aliphatic carbocycles. The van der Waals surface area contributed by atoms with E-state index in [4.69, 9.17) is 11.6 Å². The van der Waals surface area contributed by atoms with Crippen LogP contribution >= 0.6 is 27.5 Å². The molecule has 2 rings (SSSR count). The van der Waals surface area contributed by atoms with Crippen LogP contribution in [0.15, 0.2) is 22.7 Å². The Labute approximate surface area is 136 Å². The van der Waals surface area contributed by atoms with Gasteiger partial charge in [0, 0.05) is 22.1 Å². The number of rotatable bonds is 6. The van der Waals surface area contributed by atoms with Crippen molar-refractivity contribution >= 4 is 27.5 Å². The maximum absolute atomic E-state index is 6.20.